The lowest BCUT2D eigenvalue weighted by Crippen LogP contribution is -2.17. The lowest BCUT2D eigenvalue weighted by Gasteiger charge is -2.01. The molecule has 0 bridgehead atoms. The van der Waals surface area contributed by atoms with Crippen molar-refractivity contribution in [3.05, 3.63) is 62.2 Å². The summed E-state index contributed by atoms with van der Waals surface area (Å²) in [5, 5.41) is 13.9. The van der Waals surface area contributed by atoms with E-state index in [0.29, 0.717) is 16.1 Å². The van der Waals surface area contributed by atoms with E-state index in [0.717, 1.165) is 3.57 Å². The smallest absolute Gasteiger partial charge is 0.271 e. The number of hydrogen-bond acceptors (Lipinski definition) is 3. The van der Waals surface area contributed by atoms with Crippen molar-refractivity contribution in [2.24, 2.45) is 5.10 Å². The van der Waals surface area contributed by atoms with Crippen LogP contribution in [0.4, 0.5) is 0 Å². The van der Waals surface area contributed by atoms with Crippen LogP contribution in [0.1, 0.15) is 15.9 Å². The van der Waals surface area contributed by atoms with Gasteiger partial charge in [0.25, 0.3) is 5.91 Å². The van der Waals surface area contributed by atoms with E-state index >= 15 is 0 Å². The standard InChI is InChI=1S/C14H10ClIN2O2/c15-11-3-6-13(19)10(7-11)8-17-18-14(20)9-1-4-12(16)5-2-9/h1-8,19H,(H,18,20)/b17-8+. The molecule has 1 amide bonds. The van der Waals surface area contributed by atoms with Crippen LogP contribution in [0.3, 0.4) is 0 Å². The number of phenolic OH excluding ortho intramolecular Hbond substituents is 1. The molecule has 2 rings (SSSR count). The van der Waals surface area contributed by atoms with Crippen LogP contribution < -0.4 is 5.43 Å². The zero-order valence-electron chi connectivity index (χ0n) is 10.2. The molecule has 0 aliphatic rings. The number of phenols is 1. The van der Waals surface area contributed by atoms with Crippen molar-refractivity contribution in [1.29, 1.82) is 0 Å². The molecule has 0 aromatic heterocycles. The Balaban J connectivity index is 2.04. The quantitative estimate of drug-likeness (QED) is 0.471. The van der Waals surface area contributed by atoms with Gasteiger partial charge < -0.3 is 5.11 Å². The summed E-state index contributed by atoms with van der Waals surface area (Å²) in [6.45, 7) is 0. The van der Waals surface area contributed by atoms with Gasteiger partial charge in [-0.3, -0.25) is 4.79 Å². The first kappa shape index (κ1) is 14.8. The van der Waals surface area contributed by atoms with Gasteiger partial charge >= 0.3 is 0 Å². The van der Waals surface area contributed by atoms with Crippen LogP contribution >= 0.6 is 34.2 Å². The second-order valence-electron chi connectivity index (χ2n) is 3.91. The van der Waals surface area contributed by atoms with E-state index in [4.69, 9.17) is 11.6 Å². The van der Waals surface area contributed by atoms with Crippen LogP contribution in [0.25, 0.3) is 0 Å². The number of benzene rings is 2. The predicted molar refractivity (Wildman–Crippen MR) is 87.3 cm³/mol. The Bertz CT molecular complexity index is 657. The molecule has 2 aromatic rings. The van der Waals surface area contributed by atoms with Gasteiger partial charge in [0.1, 0.15) is 5.75 Å². The fourth-order valence-corrected chi connectivity index (χ4v) is 2.00. The molecule has 0 saturated carbocycles. The maximum Gasteiger partial charge on any atom is 0.271 e. The maximum absolute atomic E-state index is 11.8. The molecule has 0 saturated heterocycles. The van der Waals surface area contributed by atoms with E-state index in [-0.39, 0.29) is 11.7 Å². The SMILES string of the molecule is O=C(N/N=C/c1cc(Cl)ccc1O)c1ccc(I)cc1. The van der Waals surface area contributed by atoms with Crippen molar-refractivity contribution in [1.82, 2.24) is 5.43 Å². The van der Waals surface area contributed by atoms with E-state index < -0.39 is 0 Å². The molecule has 0 aliphatic carbocycles. The Hall–Kier alpha value is -1.60. The molecule has 0 fully saturated rings. The molecule has 0 radical (unpaired) electrons. The summed E-state index contributed by atoms with van der Waals surface area (Å²) in [6, 6.07) is 11.7. The third-order valence-corrected chi connectivity index (χ3v) is 3.42. The summed E-state index contributed by atoms with van der Waals surface area (Å²) in [4.78, 5) is 11.8. The van der Waals surface area contributed by atoms with Crippen molar-refractivity contribution < 1.29 is 9.90 Å². The minimum absolute atomic E-state index is 0.0432. The Morgan fingerprint density at radius 2 is 1.95 bits per heavy atom. The average molecular weight is 401 g/mol. The largest absolute Gasteiger partial charge is 0.507 e. The molecule has 2 aromatic carbocycles. The number of hydrazone groups is 1. The Morgan fingerprint density at radius 1 is 1.25 bits per heavy atom. The van der Waals surface area contributed by atoms with Gasteiger partial charge in [-0.05, 0) is 65.1 Å². The highest BCUT2D eigenvalue weighted by Crippen LogP contribution is 2.19. The van der Waals surface area contributed by atoms with E-state index in [1.807, 2.05) is 12.1 Å². The van der Waals surface area contributed by atoms with Crippen molar-refractivity contribution in [3.8, 4) is 5.75 Å². The summed E-state index contributed by atoms with van der Waals surface area (Å²) in [7, 11) is 0. The van der Waals surface area contributed by atoms with Gasteiger partial charge in [0.15, 0.2) is 0 Å². The topological polar surface area (TPSA) is 61.7 Å². The number of nitrogens with one attached hydrogen (secondary N) is 1. The number of aromatic hydroxyl groups is 1. The van der Waals surface area contributed by atoms with Crippen molar-refractivity contribution >= 4 is 46.3 Å². The van der Waals surface area contributed by atoms with Crippen LogP contribution in [0.15, 0.2) is 47.6 Å². The van der Waals surface area contributed by atoms with Gasteiger partial charge in [0, 0.05) is 19.7 Å². The first-order valence-corrected chi connectivity index (χ1v) is 7.09. The summed E-state index contributed by atoms with van der Waals surface area (Å²) in [5.41, 5.74) is 3.33. The van der Waals surface area contributed by atoms with Gasteiger partial charge in [-0.25, -0.2) is 5.43 Å². The van der Waals surface area contributed by atoms with Crippen LogP contribution in [0.2, 0.25) is 5.02 Å². The minimum atomic E-state index is -0.320. The van der Waals surface area contributed by atoms with E-state index in [1.54, 1.807) is 24.3 Å². The highest BCUT2D eigenvalue weighted by Gasteiger charge is 2.03. The molecular formula is C14H10ClIN2O2. The average Bonchev–Trinajstić information content (AvgIpc) is 2.43. The number of hydrogen-bond donors (Lipinski definition) is 2. The summed E-state index contributed by atoms with van der Waals surface area (Å²) in [5.74, 6) is -0.277. The summed E-state index contributed by atoms with van der Waals surface area (Å²) >= 11 is 7.97. The Labute approximate surface area is 134 Å². The fourth-order valence-electron chi connectivity index (χ4n) is 1.46. The van der Waals surface area contributed by atoms with E-state index in [2.05, 4.69) is 33.1 Å². The maximum atomic E-state index is 11.8. The monoisotopic (exact) mass is 400 g/mol. The highest BCUT2D eigenvalue weighted by molar-refractivity contribution is 14.1. The number of amides is 1. The van der Waals surface area contributed by atoms with Crippen LogP contribution in [-0.2, 0) is 0 Å². The zero-order valence-corrected chi connectivity index (χ0v) is 13.1. The summed E-state index contributed by atoms with van der Waals surface area (Å²) in [6.07, 6.45) is 1.34. The molecule has 4 nitrogen and oxygen atoms in total. The number of halogens is 2. The normalized spacial score (nSPS) is 10.7. The molecule has 0 unspecified atom stereocenters. The molecule has 0 aliphatic heterocycles. The second-order valence-corrected chi connectivity index (χ2v) is 5.59. The number of rotatable bonds is 3. The highest BCUT2D eigenvalue weighted by atomic mass is 127. The molecule has 0 heterocycles. The number of carbonyl (C=O) groups is 1. The summed E-state index contributed by atoms with van der Waals surface area (Å²) < 4.78 is 1.05. The van der Waals surface area contributed by atoms with Gasteiger partial charge in [-0.2, -0.15) is 5.10 Å². The molecule has 0 spiro atoms. The molecule has 2 N–H and O–H groups in total. The van der Waals surface area contributed by atoms with Gasteiger partial charge in [-0.1, -0.05) is 11.6 Å². The third kappa shape index (κ3) is 3.94. The minimum Gasteiger partial charge on any atom is -0.507 e. The number of carbonyl (C=O) groups excluding carboxylic acids is 1. The molecule has 0 atom stereocenters. The van der Waals surface area contributed by atoms with Crippen LogP contribution in [0, 0.1) is 3.57 Å². The predicted octanol–water partition coefficient (Wildman–Crippen LogP) is 3.41. The third-order valence-electron chi connectivity index (χ3n) is 2.47. The zero-order chi connectivity index (χ0) is 14.5. The van der Waals surface area contributed by atoms with Crippen LogP contribution in [-0.4, -0.2) is 17.2 Å². The molecular weight excluding hydrogens is 391 g/mol. The molecule has 6 heteroatoms. The van der Waals surface area contributed by atoms with Crippen LogP contribution in [0.5, 0.6) is 5.75 Å². The van der Waals surface area contributed by atoms with Gasteiger partial charge in [0.2, 0.25) is 0 Å². The van der Waals surface area contributed by atoms with Crippen molar-refractivity contribution in [3.63, 3.8) is 0 Å². The van der Waals surface area contributed by atoms with E-state index in [9.17, 15) is 9.90 Å². The Morgan fingerprint density at radius 3 is 2.65 bits per heavy atom. The molecule has 20 heavy (non-hydrogen) atoms. The lowest BCUT2D eigenvalue weighted by atomic mass is 10.2. The Kier molecular flexibility index (Phi) is 4.97. The van der Waals surface area contributed by atoms with Gasteiger partial charge in [0.05, 0.1) is 6.21 Å². The first-order valence-electron chi connectivity index (χ1n) is 5.64. The van der Waals surface area contributed by atoms with Crippen molar-refractivity contribution in [2.75, 3.05) is 0 Å². The fraction of sp³-hybridized carbons (Fsp3) is 0. The van der Waals surface area contributed by atoms with Crippen molar-refractivity contribution in [2.45, 2.75) is 0 Å². The lowest BCUT2D eigenvalue weighted by molar-refractivity contribution is 0.0955. The first-order chi connectivity index (χ1) is 9.56. The number of nitrogens with zero attached hydrogens (tertiary/aromatic N) is 1. The second kappa shape index (κ2) is 6.71. The molecule has 102 valence electrons. The van der Waals surface area contributed by atoms with Gasteiger partial charge in [-0.15, -0.1) is 0 Å². The van der Waals surface area contributed by atoms with E-state index in [1.165, 1.54) is 12.3 Å².